The van der Waals surface area contributed by atoms with E-state index in [0.29, 0.717) is 45.3 Å². The van der Waals surface area contributed by atoms with Gasteiger partial charge in [0.25, 0.3) is 0 Å². The number of ether oxygens (including phenoxy) is 2. The van der Waals surface area contributed by atoms with E-state index in [0.717, 1.165) is 0 Å². The monoisotopic (exact) mass is 226 g/mol. The van der Waals surface area contributed by atoms with E-state index in [1.165, 1.54) is 7.11 Å². The van der Waals surface area contributed by atoms with Crippen molar-refractivity contribution >= 4 is 5.97 Å². The fourth-order valence-corrected chi connectivity index (χ4v) is 1.48. The molecule has 0 amide bonds. The van der Waals surface area contributed by atoms with Crippen LogP contribution in [0.4, 0.5) is 0 Å². The van der Waals surface area contributed by atoms with E-state index in [4.69, 9.17) is 4.74 Å². The van der Waals surface area contributed by atoms with E-state index in [-0.39, 0.29) is 5.97 Å². The molecule has 4 heteroatoms. The van der Waals surface area contributed by atoms with Crippen LogP contribution in [-0.2, 0) is 14.3 Å². The first kappa shape index (κ1) is 13.0. The molecule has 1 fully saturated rings. The van der Waals surface area contributed by atoms with Gasteiger partial charge < -0.3 is 14.6 Å². The molecule has 0 unspecified atom stereocenters. The van der Waals surface area contributed by atoms with Crippen molar-refractivity contribution in [3.8, 4) is 11.8 Å². The fraction of sp³-hybridized carbons (Fsp3) is 0.750. The van der Waals surface area contributed by atoms with E-state index >= 15 is 0 Å². The summed E-state index contributed by atoms with van der Waals surface area (Å²) < 4.78 is 9.66. The second-order valence-corrected chi connectivity index (χ2v) is 3.88. The molecule has 90 valence electrons. The Labute approximate surface area is 95.9 Å². The number of unbranched alkanes of at least 4 members (excludes halogenated alkanes) is 1. The summed E-state index contributed by atoms with van der Waals surface area (Å²) >= 11 is 0. The highest BCUT2D eigenvalue weighted by atomic mass is 16.5. The van der Waals surface area contributed by atoms with E-state index in [2.05, 4.69) is 16.6 Å². The van der Waals surface area contributed by atoms with Gasteiger partial charge in [0.1, 0.15) is 5.60 Å². The fourth-order valence-electron chi connectivity index (χ4n) is 1.48. The lowest BCUT2D eigenvalue weighted by atomic mass is 9.95. The zero-order chi connectivity index (χ0) is 11.9. The molecular weight excluding hydrogens is 208 g/mol. The van der Waals surface area contributed by atoms with Crippen molar-refractivity contribution in [2.45, 2.75) is 37.7 Å². The van der Waals surface area contributed by atoms with Gasteiger partial charge >= 0.3 is 5.97 Å². The standard InChI is InChI=1S/C12H18O4/c1-15-11(13)5-3-2-4-6-12(14)7-9-16-10-8-12/h14H,2-3,5,7-10H2,1H3. The summed E-state index contributed by atoms with van der Waals surface area (Å²) in [5.41, 5.74) is -0.885. The summed E-state index contributed by atoms with van der Waals surface area (Å²) in [6, 6.07) is 0. The maximum absolute atomic E-state index is 10.8. The van der Waals surface area contributed by atoms with Crippen molar-refractivity contribution in [1.82, 2.24) is 0 Å². The molecular formula is C12H18O4. The third-order valence-corrected chi connectivity index (χ3v) is 2.55. The van der Waals surface area contributed by atoms with Gasteiger partial charge in [-0.3, -0.25) is 4.79 Å². The van der Waals surface area contributed by atoms with Gasteiger partial charge in [0.05, 0.1) is 20.3 Å². The third kappa shape index (κ3) is 4.65. The average molecular weight is 226 g/mol. The van der Waals surface area contributed by atoms with Crippen LogP contribution in [0.5, 0.6) is 0 Å². The molecule has 0 aromatic rings. The molecule has 0 spiro atoms. The Balaban J connectivity index is 2.23. The number of rotatable bonds is 3. The Hall–Kier alpha value is -1.05. The topological polar surface area (TPSA) is 55.8 Å². The van der Waals surface area contributed by atoms with Crippen LogP contribution in [0, 0.1) is 11.8 Å². The Bertz CT molecular complexity index is 281. The zero-order valence-electron chi connectivity index (χ0n) is 9.62. The number of carbonyl (C=O) groups is 1. The van der Waals surface area contributed by atoms with Crippen LogP contribution in [0.25, 0.3) is 0 Å². The molecule has 1 N–H and O–H groups in total. The summed E-state index contributed by atoms with van der Waals surface area (Å²) in [6.45, 7) is 1.13. The second kappa shape index (κ2) is 6.51. The first-order chi connectivity index (χ1) is 7.66. The maximum atomic E-state index is 10.8. The van der Waals surface area contributed by atoms with Crippen LogP contribution in [-0.4, -0.2) is 37.0 Å². The van der Waals surface area contributed by atoms with Crippen LogP contribution >= 0.6 is 0 Å². The maximum Gasteiger partial charge on any atom is 0.305 e. The average Bonchev–Trinajstić information content (AvgIpc) is 2.29. The van der Waals surface area contributed by atoms with Gasteiger partial charge in [-0.15, -0.1) is 5.92 Å². The van der Waals surface area contributed by atoms with Crippen molar-refractivity contribution in [3.05, 3.63) is 0 Å². The van der Waals surface area contributed by atoms with Gasteiger partial charge in [0.15, 0.2) is 0 Å². The lowest BCUT2D eigenvalue weighted by Gasteiger charge is -2.26. The molecule has 0 aliphatic carbocycles. The molecule has 0 atom stereocenters. The number of methoxy groups -OCH3 is 1. The molecule has 1 saturated heterocycles. The Morgan fingerprint density at radius 3 is 2.81 bits per heavy atom. The quantitative estimate of drug-likeness (QED) is 0.441. The van der Waals surface area contributed by atoms with Crippen molar-refractivity contribution in [1.29, 1.82) is 0 Å². The Kier molecular flexibility index (Phi) is 5.30. The molecule has 0 radical (unpaired) electrons. The highest BCUT2D eigenvalue weighted by Gasteiger charge is 2.26. The molecule has 1 aliphatic rings. The summed E-state index contributed by atoms with van der Waals surface area (Å²) in [4.78, 5) is 10.8. The van der Waals surface area contributed by atoms with Gasteiger partial charge in [0, 0.05) is 25.7 Å². The molecule has 0 bridgehead atoms. The number of carbonyl (C=O) groups excluding carboxylic acids is 1. The molecule has 0 aromatic heterocycles. The Morgan fingerprint density at radius 2 is 2.19 bits per heavy atom. The van der Waals surface area contributed by atoms with Gasteiger partial charge in [-0.2, -0.15) is 0 Å². The highest BCUT2D eigenvalue weighted by Crippen LogP contribution is 2.19. The predicted molar refractivity (Wildman–Crippen MR) is 58.6 cm³/mol. The van der Waals surface area contributed by atoms with Crippen molar-refractivity contribution in [3.63, 3.8) is 0 Å². The lowest BCUT2D eigenvalue weighted by Crippen LogP contribution is -2.34. The normalized spacial score (nSPS) is 18.4. The smallest absolute Gasteiger partial charge is 0.305 e. The molecule has 1 heterocycles. The van der Waals surface area contributed by atoms with Crippen LogP contribution in [0.1, 0.15) is 32.1 Å². The predicted octanol–water partition coefficient (Wildman–Crippen LogP) is 0.875. The van der Waals surface area contributed by atoms with Gasteiger partial charge in [0.2, 0.25) is 0 Å². The minimum atomic E-state index is -0.885. The minimum absolute atomic E-state index is 0.216. The molecule has 4 nitrogen and oxygen atoms in total. The van der Waals surface area contributed by atoms with E-state index in [9.17, 15) is 9.90 Å². The van der Waals surface area contributed by atoms with Gasteiger partial charge in [-0.25, -0.2) is 0 Å². The first-order valence-electron chi connectivity index (χ1n) is 5.53. The van der Waals surface area contributed by atoms with Crippen molar-refractivity contribution < 1.29 is 19.4 Å². The van der Waals surface area contributed by atoms with E-state index in [1.807, 2.05) is 0 Å². The zero-order valence-corrected chi connectivity index (χ0v) is 9.62. The highest BCUT2D eigenvalue weighted by molar-refractivity contribution is 5.69. The van der Waals surface area contributed by atoms with Crippen LogP contribution in [0.2, 0.25) is 0 Å². The van der Waals surface area contributed by atoms with E-state index in [1.54, 1.807) is 0 Å². The van der Waals surface area contributed by atoms with Gasteiger partial charge in [-0.05, 0) is 6.42 Å². The summed E-state index contributed by atoms with van der Waals surface area (Å²) in [6.07, 6.45) is 2.80. The number of esters is 1. The lowest BCUT2D eigenvalue weighted by molar-refractivity contribution is -0.140. The molecule has 1 aliphatic heterocycles. The molecule has 16 heavy (non-hydrogen) atoms. The minimum Gasteiger partial charge on any atom is -0.469 e. The van der Waals surface area contributed by atoms with E-state index < -0.39 is 5.60 Å². The van der Waals surface area contributed by atoms with Crippen molar-refractivity contribution in [2.75, 3.05) is 20.3 Å². The summed E-state index contributed by atoms with van der Waals surface area (Å²) in [7, 11) is 1.37. The van der Waals surface area contributed by atoms with Crippen LogP contribution in [0.3, 0.4) is 0 Å². The van der Waals surface area contributed by atoms with Crippen LogP contribution in [0.15, 0.2) is 0 Å². The molecule has 0 aromatic carbocycles. The second-order valence-electron chi connectivity index (χ2n) is 3.88. The summed E-state index contributed by atoms with van der Waals surface area (Å²) in [5, 5.41) is 9.98. The number of hydrogen-bond donors (Lipinski definition) is 1. The SMILES string of the molecule is COC(=O)CCCC#CC1(O)CCOCC1. The third-order valence-electron chi connectivity index (χ3n) is 2.55. The Morgan fingerprint density at radius 1 is 1.50 bits per heavy atom. The number of hydrogen-bond acceptors (Lipinski definition) is 4. The van der Waals surface area contributed by atoms with Crippen molar-refractivity contribution in [2.24, 2.45) is 0 Å². The largest absolute Gasteiger partial charge is 0.469 e. The molecule has 0 saturated carbocycles. The van der Waals surface area contributed by atoms with Gasteiger partial charge in [-0.1, -0.05) is 5.92 Å². The summed E-state index contributed by atoms with van der Waals surface area (Å²) in [5.74, 6) is 5.56. The molecule has 1 rings (SSSR count). The number of aliphatic hydroxyl groups is 1. The first-order valence-corrected chi connectivity index (χ1v) is 5.53. The van der Waals surface area contributed by atoms with Crippen LogP contribution < -0.4 is 0 Å².